The molecule has 2 N–H and O–H groups in total. The molecule has 0 heterocycles. The van der Waals surface area contributed by atoms with Crippen molar-refractivity contribution >= 4 is 20.9 Å². The van der Waals surface area contributed by atoms with Crippen LogP contribution in [0.1, 0.15) is 6.92 Å². The minimum Gasteiger partial charge on any atom is -0.324 e. The average molecular weight is 185 g/mol. The second-order valence-corrected chi connectivity index (χ2v) is 6.69. The van der Waals surface area contributed by atoms with Gasteiger partial charge < -0.3 is 5.73 Å². The van der Waals surface area contributed by atoms with E-state index < -0.39 is 9.21 Å². The molecule has 0 rings (SSSR count). The van der Waals surface area contributed by atoms with Gasteiger partial charge in [-0.05, 0) is 13.2 Å². The predicted octanol–water partition coefficient (Wildman–Crippen LogP) is 1.74. The molecule has 70 valence electrons. The Labute approximate surface area is 76.5 Å². The first-order valence-electron chi connectivity index (χ1n) is 3.83. The van der Waals surface area contributed by atoms with Crippen LogP contribution in [0.15, 0.2) is 24.3 Å². The smallest absolute Gasteiger partial charge is 0.0336 e. The van der Waals surface area contributed by atoms with E-state index in [0.29, 0.717) is 0 Å². The summed E-state index contributed by atoms with van der Waals surface area (Å²) in [5, 5.41) is 0. The highest BCUT2D eigenvalue weighted by molar-refractivity contribution is 8.27. The topological polar surface area (TPSA) is 26.0 Å². The molecule has 0 saturated heterocycles. The number of hydrogen-bond acceptors (Lipinski definition) is 1. The van der Waals surface area contributed by atoms with Crippen molar-refractivity contribution in [3.63, 3.8) is 0 Å². The molecule has 1 atom stereocenters. The first-order chi connectivity index (χ1) is 5.37. The van der Waals surface area contributed by atoms with E-state index in [1.807, 2.05) is 13.0 Å². The molecular formula is C10H19NS. The first kappa shape index (κ1) is 11.5. The number of nitrogens with two attached hydrogens (primary N) is 1. The fraction of sp³-hybridized carbons (Fsp3) is 0.400. The normalized spacial score (nSPS) is 15.8. The lowest BCUT2D eigenvalue weighted by Crippen LogP contribution is -2.25. The zero-order chi connectivity index (χ0) is 9.78. The Bertz CT molecular complexity index is 270. The summed E-state index contributed by atoms with van der Waals surface area (Å²) in [6.45, 7) is 5.63. The van der Waals surface area contributed by atoms with Gasteiger partial charge in [0.1, 0.15) is 0 Å². The van der Waals surface area contributed by atoms with Crippen molar-refractivity contribution in [3.05, 3.63) is 24.3 Å². The zero-order valence-corrected chi connectivity index (χ0v) is 8.86. The van der Waals surface area contributed by atoms with Crippen molar-refractivity contribution in [1.82, 2.24) is 0 Å². The summed E-state index contributed by atoms with van der Waals surface area (Å²) < 4.78 is 0. The molecule has 0 aromatic carbocycles. The van der Waals surface area contributed by atoms with E-state index in [4.69, 9.17) is 5.73 Å². The van der Waals surface area contributed by atoms with Crippen LogP contribution in [-0.4, -0.2) is 29.8 Å². The lowest BCUT2D eigenvalue weighted by Gasteiger charge is -2.15. The molecule has 0 saturated carbocycles. The molecule has 0 amide bonds. The molecule has 0 spiro atoms. The Hall–Kier alpha value is -0.470. The molecule has 0 fully saturated rings. The van der Waals surface area contributed by atoms with Crippen molar-refractivity contribution in [2.45, 2.75) is 13.0 Å². The molecule has 12 heavy (non-hydrogen) atoms. The maximum absolute atomic E-state index is 5.91. The van der Waals surface area contributed by atoms with Gasteiger partial charge in [0, 0.05) is 11.8 Å². The van der Waals surface area contributed by atoms with Crippen molar-refractivity contribution in [1.29, 1.82) is 0 Å². The molecule has 0 aliphatic rings. The van der Waals surface area contributed by atoms with Crippen LogP contribution in [-0.2, 0) is 0 Å². The summed E-state index contributed by atoms with van der Waals surface area (Å²) in [5.74, 6) is 8.86. The van der Waals surface area contributed by atoms with E-state index in [2.05, 4.69) is 24.6 Å². The quantitative estimate of drug-likeness (QED) is 0.524. The van der Waals surface area contributed by atoms with Gasteiger partial charge in [0.25, 0.3) is 0 Å². The third-order valence-corrected chi connectivity index (χ3v) is 2.71. The molecule has 0 bridgehead atoms. The SMILES string of the molecule is C=CC=C(C)C(N)CS(=C)(=C)C. The van der Waals surface area contributed by atoms with E-state index in [1.165, 1.54) is 0 Å². The molecule has 0 aromatic rings. The molecule has 0 aromatic heterocycles. The van der Waals surface area contributed by atoms with Crippen LogP contribution >= 0.6 is 9.21 Å². The van der Waals surface area contributed by atoms with Crippen LogP contribution < -0.4 is 5.73 Å². The fourth-order valence-electron chi connectivity index (χ4n) is 0.874. The van der Waals surface area contributed by atoms with Gasteiger partial charge in [-0.15, -0.1) is 0 Å². The van der Waals surface area contributed by atoms with Crippen molar-refractivity contribution in [2.75, 3.05) is 12.0 Å². The summed E-state index contributed by atoms with van der Waals surface area (Å²) in [5.41, 5.74) is 7.06. The Balaban J connectivity index is 4.33. The van der Waals surface area contributed by atoms with E-state index in [0.717, 1.165) is 11.3 Å². The van der Waals surface area contributed by atoms with Gasteiger partial charge in [-0.1, -0.05) is 36.0 Å². The lowest BCUT2D eigenvalue weighted by atomic mass is 10.1. The average Bonchev–Trinajstić information content (AvgIpc) is 1.84. The van der Waals surface area contributed by atoms with Gasteiger partial charge in [-0.3, -0.25) is 0 Å². The number of allylic oxidation sites excluding steroid dienone is 2. The van der Waals surface area contributed by atoms with Gasteiger partial charge in [0.2, 0.25) is 0 Å². The second-order valence-electron chi connectivity index (χ2n) is 3.40. The predicted molar refractivity (Wildman–Crippen MR) is 64.6 cm³/mol. The molecule has 2 heteroatoms. The van der Waals surface area contributed by atoms with Crippen molar-refractivity contribution in [2.24, 2.45) is 5.73 Å². The van der Waals surface area contributed by atoms with Crippen molar-refractivity contribution < 1.29 is 0 Å². The van der Waals surface area contributed by atoms with E-state index in [9.17, 15) is 0 Å². The molecule has 0 radical (unpaired) electrons. The Morgan fingerprint density at radius 3 is 2.42 bits per heavy atom. The molecular weight excluding hydrogens is 166 g/mol. The third-order valence-electron chi connectivity index (χ3n) is 1.55. The van der Waals surface area contributed by atoms with E-state index in [-0.39, 0.29) is 6.04 Å². The van der Waals surface area contributed by atoms with Gasteiger partial charge >= 0.3 is 0 Å². The zero-order valence-electron chi connectivity index (χ0n) is 8.05. The second kappa shape index (κ2) is 4.53. The first-order valence-corrected chi connectivity index (χ1v) is 6.38. The minimum atomic E-state index is -0.987. The van der Waals surface area contributed by atoms with Gasteiger partial charge in [-0.25, -0.2) is 9.21 Å². The maximum atomic E-state index is 5.91. The number of hydrogen-bond donors (Lipinski definition) is 1. The summed E-state index contributed by atoms with van der Waals surface area (Å²) in [4.78, 5) is 0. The van der Waals surface area contributed by atoms with E-state index >= 15 is 0 Å². The van der Waals surface area contributed by atoms with Crippen LogP contribution in [0.5, 0.6) is 0 Å². The van der Waals surface area contributed by atoms with Crippen LogP contribution in [0, 0.1) is 0 Å². The van der Waals surface area contributed by atoms with Crippen molar-refractivity contribution in [3.8, 4) is 0 Å². The summed E-state index contributed by atoms with van der Waals surface area (Å²) >= 11 is 0. The highest BCUT2D eigenvalue weighted by Gasteiger charge is 2.04. The van der Waals surface area contributed by atoms with Gasteiger partial charge in [0.15, 0.2) is 0 Å². The Kier molecular flexibility index (Phi) is 4.35. The maximum Gasteiger partial charge on any atom is 0.0336 e. The number of rotatable bonds is 4. The highest BCUT2D eigenvalue weighted by Crippen LogP contribution is 2.16. The molecule has 0 aliphatic carbocycles. The fourth-order valence-corrected chi connectivity index (χ4v) is 2.00. The van der Waals surface area contributed by atoms with Crippen LogP contribution in [0.4, 0.5) is 0 Å². The molecule has 1 unspecified atom stereocenters. The largest absolute Gasteiger partial charge is 0.324 e. The molecule has 0 aliphatic heterocycles. The Morgan fingerprint density at radius 2 is 2.08 bits per heavy atom. The van der Waals surface area contributed by atoms with E-state index in [1.54, 1.807) is 6.08 Å². The summed E-state index contributed by atoms with van der Waals surface area (Å²) in [6.07, 6.45) is 5.76. The Morgan fingerprint density at radius 1 is 1.58 bits per heavy atom. The third kappa shape index (κ3) is 5.22. The highest BCUT2D eigenvalue weighted by atomic mass is 32.2. The minimum absolute atomic E-state index is 0.0815. The molecule has 1 nitrogen and oxygen atoms in total. The van der Waals surface area contributed by atoms with Crippen LogP contribution in [0.2, 0.25) is 0 Å². The summed E-state index contributed by atoms with van der Waals surface area (Å²) in [7, 11) is -0.987. The summed E-state index contributed by atoms with van der Waals surface area (Å²) in [6, 6.07) is 0.0815. The van der Waals surface area contributed by atoms with Crippen LogP contribution in [0.3, 0.4) is 0 Å². The monoisotopic (exact) mass is 185 g/mol. The van der Waals surface area contributed by atoms with Gasteiger partial charge in [-0.2, -0.15) is 0 Å². The lowest BCUT2D eigenvalue weighted by molar-refractivity contribution is 0.874. The van der Waals surface area contributed by atoms with Crippen LogP contribution in [0.25, 0.3) is 0 Å². The van der Waals surface area contributed by atoms with Gasteiger partial charge in [0.05, 0.1) is 0 Å². The standard InChI is InChI=1S/C10H19NS/c1-6-7-9(2)10(11)8-12(3,4)5/h6-7,10H,1,3-4,8,11H2,2,5H3.